The van der Waals surface area contributed by atoms with E-state index < -0.39 is 32.1 Å². The number of allylic oxidation sites excluding steroid dienone is 1. The van der Waals surface area contributed by atoms with E-state index in [4.69, 9.17) is 13.3 Å². The van der Waals surface area contributed by atoms with E-state index in [0.717, 1.165) is 23.5 Å². The Morgan fingerprint density at radius 1 is 0.625 bits per heavy atom. The van der Waals surface area contributed by atoms with Crippen LogP contribution in [0.4, 0.5) is 0 Å². The molecule has 0 N–H and O–H groups in total. The van der Waals surface area contributed by atoms with E-state index in [2.05, 4.69) is 114 Å². The second kappa shape index (κ2) is 15.1. The fraction of sp³-hybridized carbons (Fsp3) is 0.600. The van der Waals surface area contributed by atoms with Gasteiger partial charge in [-0.05, 0) is 72.8 Å². The lowest BCUT2D eigenvalue weighted by Gasteiger charge is -2.46. The average molecular weight is 727 g/mol. The minimum Gasteiger partial charge on any atom is -0.413 e. The molecule has 3 rings (SSSR count). The highest BCUT2D eigenvalue weighted by Gasteiger charge is 2.46. The monoisotopic (exact) mass is 726 g/mol. The molecule has 48 heavy (non-hydrogen) atoms. The predicted octanol–water partition coefficient (Wildman–Crippen LogP) is 11.4. The van der Waals surface area contributed by atoms with Gasteiger partial charge in [-0.2, -0.15) is 0 Å². The second-order valence-electron chi connectivity index (χ2n) is 18.4. The Labute approximate surface area is 297 Å². The fourth-order valence-corrected chi connectivity index (χ4v) is 11.3. The zero-order valence-corrected chi connectivity index (χ0v) is 36.9. The average Bonchev–Trinajstić information content (AvgIpc) is 2.96. The van der Waals surface area contributed by atoms with Crippen LogP contribution in [0.25, 0.3) is 0 Å². The molecule has 1 fully saturated rings. The van der Waals surface area contributed by atoms with Gasteiger partial charge in [-0.1, -0.05) is 141 Å². The molecule has 1 aliphatic rings. The van der Waals surface area contributed by atoms with Crippen LogP contribution in [0.15, 0.2) is 84.0 Å². The summed E-state index contributed by atoms with van der Waals surface area (Å²) in [5.41, 5.74) is 2.51. The molecule has 8 heteroatoms. The molecule has 0 radical (unpaired) electrons. The lowest BCUT2D eigenvalue weighted by atomic mass is 9.85. The smallest absolute Gasteiger partial charge is 0.192 e. The molecule has 0 aromatic heterocycles. The van der Waals surface area contributed by atoms with Crippen molar-refractivity contribution < 1.29 is 17.8 Å². The summed E-state index contributed by atoms with van der Waals surface area (Å²) in [5.74, 6) is 0. The van der Waals surface area contributed by atoms with Crippen LogP contribution in [0.3, 0.4) is 0 Å². The molecule has 4 nitrogen and oxygen atoms in total. The summed E-state index contributed by atoms with van der Waals surface area (Å²) in [4.78, 5) is 0. The maximum atomic E-state index is 15.0. The molecule has 0 spiro atoms. The highest BCUT2D eigenvalue weighted by molar-refractivity contribution is 7.78. The first kappa shape index (κ1) is 41.1. The van der Waals surface area contributed by atoms with Crippen LogP contribution in [0.2, 0.25) is 54.4 Å². The molecule has 0 amide bonds. The summed E-state index contributed by atoms with van der Waals surface area (Å²) in [7, 11) is -9.17. The van der Waals surface area contributed by atoms with Crippen LogP contribution in [-0.2, 0) is 17.8 Å². The molecule has 1 aliphatic carbocycles. The largest absolute Gasteiger partial charge is 0.413 e. The Kier molecular flexibility index (Phi) is 12.9. The van der Waals surface area contributed by atoms with Gasteiger partial charge in [0.15, 0.2) is 25.0 Å². The Hall–Kier alpha value is -1.32. The van der Waals surface area contributed by atoms with E-state index in [0.29, 0.717) is 12.8 Å². The number of rotatable bonds is 11. The van der Waals surface area contributed by atoms with Gasteiger partial charge >= 0.3 is 0 Å². The lowest BCUT2D eigenvalue weighted by molar-refractivity contribution is 0.129. The first-order chi connectivity index (χ1) is 21.8. The van der Waals surface area contributed by atoms with Gasteiger partial charge in [0.05, 0.1) is 18.8 Å². The van der Waals surface area contributed by atoms with Crippen molar-refractivity contribution in [1.82, 2.24) is 0 Å². The van der Waals surface area contributed by atoms with E-state index >= 15 is 4.57 Å². The molecule has 1 saturated carbocycles. The molecule has 0 bridgehead atoms. The second-order valence-corrected chi connectivity index (χ2v) is 35.6. The van der Waals surface area contributed by atoms with Crippen molar-refractivity contribution in [2.45, 2.75) is 142 Å². The van der Waals surface area contributed by atoms with Gasteiger partial charge < -0.3 is 17.8 Å². The fourth-order valence-electron chi connectivity index (χ4n) is 5.23. The topological polar surface area (TPSA) is 44.8 Å². The summed E-state index contributed by atoms with van der Waals surface area (Å²) in [6.07, 6.45) is 6.38. The minimum absolute atomic E-state index is 0.0587. The van der Waals surface area contributed by atoms with Crippen molar-refractivity contribution in [3.8, 4) is 0 Å². The molecule has 0 heterocycles. The van der Waals surface area contributed by atoms with Gasteiger partial charge in [0.25, 0.3) is 0 Å². The zero-order valence-electron chi connectivity index (χ0n) is 33.0. The SMILES string of the molecule is CC(C)(C)[Si](C)(C)OCC=C1[C@H](O[Si](C)(C)C(C)(C)C)CC(=CCP(=O)(c2ccccc2)c2ccccc2)C[C@H]1O[Si](C)(C)C(C)(C)C. The third-order valence-electron chi connectivity index (χ3n) is 11.7. The van der Waals surface area contributed by atoms with Crippen molar-refractivity contribution in [1.29, 1.82) is 0 Å². The van der Waals surface area contributed by atoms with Gasteiger partial charge in [0, 0.05) is 16.8 Å². The van der Waals surface area contributed by atoms with E-state index in [1.54, 1.807) is 0 Å². The predicted molar refractivity (Wildman–Crippen MR) is 217 cm³/mol. The van der Waals surface area contributed by atoms with Gasteiger partial charge in [-0.25, -0.2) is 0 Å². The van der Waals surface area contributed by atoms with Crippen LogP contribution in [0.5, 0.6) is 0 Å². The quantitative estimate of drug-likeness (QED) is 0.131. The number of hydrogen-bond donors (Lipinski definition) is 0. The van der Waals surface area contributed by atoms with Gasteiger partial charge in [-0.15, -0.1) is 0 Å². The number of hydrogen-bond acceptors (Lipinski definition) is 4. The molecule has 0 unspecified atom stereocenters. The highest BCUT2D eigenvalue weighted by atomic mass is 31.2. The lowest BCUT2D eigenvalue weighted by Crippen LogP contribution is -2.50. The molecule has 2 aromatic rings. The standard InChI is InChI=1S/C40H67O4PSi3/c1-38(2,3)46(10,11)42-28-26-35-36(43-47(12,13)39(4,5)6)30-32(31-37(35)44-48(14,15)40(7,8)9)27-29-45(41,33-22-18-16-19-23-33)34-24-20-17-21-25-34/h16-27,36-37H,28-31H2,1-15H3/t36-,37-/m1/s1. The highest BCUT2D eigenvalue weighted by Crippen LogP contribution is 2.47. The molecule has 0 aliphatic heterocycles. The first-order valence-electron chi connectivity index (χ1n) is 17.9. The Balaban J connectivity index is 2.14. The molecular weight excluding hydrogens is 660 g/mol. The van der Waals surface area contributed by atoms with Gasteiger partial charge in [0.1, 0.15) is 7.14 Å². The molecule has 0 saturated heterocycles. The van der Waals surface area contributed by atoms with Crippen molar-refractivity contribution in [2.24, 2.45) is 0 Å². The summed E-state index contributed by atoms with van der Waals surface area (Å²) < 4.78 is 36.4. The van der Waals surface area contributed by atoms with Gasteiger partial charge in [0.2, 0.25) is 0 Å². The van der Waals surface area contributed by atoms with E-state index in [-0.39, 0.29) is 27.3 Å². The Bertz CT molecular complexity index is 1370. The van der Waals surface area contributed by atoms with Gasteiger partial charge in [-0.3, -0.25) is 0 Å². The third kappa shape index (κ3) is 9.92. The normalized spacial score (nSPS) is 19.0. The molecule has 2 atom stereocenters. The van der Waals surface area contributed by atoms with Crippen molar-refractivity contribution >= 4 is 42.7 Å². The Morgan fingerprint density at radius 2 is 1.00 bits per heavy atom. The first-order valence-corrected chi connectivity index (χ1v) is 28.5. The molecule has 2 aromatic carbocycles. The summed E-state index contributed by atoms with van der Waals surface area (Å²) >= 11 is 0. The maximum absolute atomic E-state index is 15.0. The third-order valence-corrected chi connectivity index (χ3v) is 28.1. The van der Waals surface area contributed by atoms with E-state index in [1.165, 1.54) is 11.1 Å². The van der Waals surface area contributed by atoms with E-state index in [1.807, 2.05) is 60.7 Å². The van der Waals surface area contributed by atoms with Crippen LogP contribution in [-0.4, -0.2) is 49.9 Å². The van der Waals surface area contributed by atoms with Crippen LogP contribution >= 0.6 is 7.14 Å². The zero-order chi connectivity index (χ0) is 36.4. The minimum atomic E-state index is -2.90. The Morgan fingerprint density at radius 3 is 1.35 bits per heavy atom. The van der Waals surface area contributed by atoms with Crippen LogP contribution in [0, 0.1) is 0 Å². The number of benzene rings is 2. The summed E-state index contributed by atoms with van der Waals surface area (Å²) in [6, 6.07) is 20.0. The molecular formula is C40H67O4PSi3. The van der Waals surface area contributed by atoms with Crippen molar-refractivity contribution in [3.05, 3.63) is 84.0 Å². The summed E-state index contributed by atoms with van der Waals surface area (Å²) in [6.45, 7) is 35.3. The summed E-state index contributed by atoms with van der Waals surface area (Å²) in [5, 5.41) is 2.05. The van der Waals surface area contributed by atoms with Crippen molar-refractivity contribution in [2.75, 3.05) is 12.8 Å². The van der Waals surface area contributed by atoms with Crippen molar-refractivity contribution in [3.63, 3.8) is 0 Å². The van der Waals surface area contributed by atoms with Crippen LogP contribution < -0.4 is 10.6 Å². The van der Waals surface area contributed by atoms with E-state index in [9.17, 15) is 0 Å². The maximum Gasteiger partial charge on any atom is 0.192 e. The van der Waals surface area contributed by atoms with Crippen LogP contribution in [0.1, 0.15) is 75.2 Å². The molecule has 268 valence electrons.